The highest BCUT2D eigenvalue weighted by molar-refractivity contribution is 5.68. The summed E-state index contributed by atoms with van der Waals surface area (Å²) in [6.45, 7) is 7.94. The number of benzene rings is 1. The first-order valence-corrected chi connectivity index (χ1v) is 8.54. The van der Waals surface area contributed by atoms with Gasteiger partial charge in [-0.05, 0) is 45.6 Å². The van der Waals surface area contributed by atoms with Crippen LogP contribution in [0.5, 0.6) is 0 Å². The molecule has 1 amide bonds. The summed E-state index contributed by atoms with van der Waals surface area (Å²) in [5.74, 6) is 0.476. The molecule has 0 aliphatic carbocycles. The monoisotopic (exact) mass is 317 g/mol. The molecule has 4 heteroatoms. The lowest BCUT2D eigenvalue weighted by Crippen LogP contribution is -2.47. The summed E-state index contributed by atoms with van der Waals surface area (Å²) >= 11 is 0. The van der Waals surface area contributed by atoms with Crippen LogP contribution in [0.15, 0.2) is 30.3 Å². The van der Waals surface area contributed by atoms with E-state index in [0.717, 1.165) is 39.0 Å². The average molecular weight is 317 g/mol. The van der Waals surface area contributed by atoms with Crippen molar-refractivity contribution < 1.29 is 14.3 Å². The predicted octanol–water partition coefficient (Wildman–Crippen LogP) is 3.96. The van der Waals surface area contributed by atoms with Crippen LogP contribution in [0, 0.1) is 0 Å². The molecule has 1 atom stereocenters. The summed E-state index contributed by atoms with van der Waals surface area (Å²) in [5, 5.41) is 0. The molecular weight excluding hydrogens is 290 g/mol. The van der Waals surface area contributed by atoms with Crippen molar-refractivity contribution >= 4 is 6.09 Å². The zero-order valence-corrected chi connectivity index (χ0v) is 14.4. The van der Waals surface area contributed by atoms with Gasteiger partial charge in [0.2, 0.25) is 0 Å². The summed E-state index contributed by atoms with van der Waals surface area (Å²) < 4.78 is 11.7. The van der Waals surface area contributed by atoms with Crippen LogP contribution in [0.2, 0.25) is 0 Å². The Hall–Kier alpha value is -1.55. The highest BCUT2D eigenvalue weighted by Gasteiger charge is 2.44. The Morgan fingerprint density at radius 2 is 1.87 bits per heavy atom. The van der Waals surface area contributed by atoms with Crippen molar-refractivity contribution in [1.29, 1.82) is 0 Å². The van der Waals surface area contributed by atoms with E-state index >= 15 is 0 Å². The quantitative estimate of drug-likeness (QED) is 0.787. The fourth-order valence-corrected chi connectivity index (χ4v) is 3.56. The number of nitrogens with zero attached hydrogens (tertiary/aromatic N) is 1. The highest BCUT2D eigenvalue weighted by atomic mass is 16.6. The molecule has 2 saturated heterocycles. The third kappa shape index (κ3) is 3.86. The van der Waals surface area contributed by atoms with Gasteiger partial charge in [0.15, 0.2) is 0 Å². The van der Waals surface area contributed by atoms with E-state index in [2.05, 4.69) is 24.3 Å². The normalized spacial score (nSPS) is 24.0. The van der Waals surface area contributed by atoms with Crippen molar-refractivity contribution in [3.05, 3.63) is 35.9 Å². The van der Waals surface area contributed by atoms with Crippen molar-refractivity contribution in [2.75, 3.05) is 19.7 Å². The van der Waals surface area contributed by atoms with Crippen LogP contribution >= 0.6 is 0 Å². The summed E-state index contributed by atoms with van der Waals surface area (Å²) in [4.78, 5) is 14.0. The van der Waals surface area contributed by atoms with Crippen molar-refractivity contribution in [3.8, 4) is 0 Å². The molecule has 0 saturated carbocycles. The first kappa shape index (κ1) is 16.3. The first-order valence-electron chi connectivity index (χ1n) is 8.54. The van der Waals surface area contributed by atoms with Gasteiger partial charge < -0.3 is 14.4 Å². The average Bonchev–Trinajstić information content (AvgIpc) is 2.91. The molecule has 0 unspecified atom stereocenters. The fourth-order valence-electron chi connectivity index (χ4n) is 3.56. The van der Waals surface area contributed by atoms with Crippen LogP contribution in [0.3, 0.4) is 0 Å². The molecule has 0 bridgehead atoms. The topological polar surface area (TPSA) is 38.8 Å². The summed E-state index contributed by atoms with van der Waals surface area (Å²) in [5.41, 5.74) is 0.868. The van der Waals surface area contributed by atoms with Crippen molar-refractivity contribution in [1.82, 2.24) is 4.90 Å². The lowest BCUT2D eigenvalue weighted by atomic mass is 9.83. The van der Waals surface area contributed by atoms with Gasteiger partial charge in [-0.2, -0.15) is 0 Å². The van der Waals surface area contributed by atoms with Crippen LogP contribution in [0.4, 0.5) is 4.79 Å². The van der Waals surface area contributed by atoms with Gasteiger partial charge in [0.05, 0.1) is 12.2 Å². The molecule has 2 aliphatic rings. The predicted molar refractivity (Wildman–Crippen MR) is 89.5 cm³/mol. The Morgan fingerprint density at radius 3 is 2.48 bits per heavy atom. The molecule has 2 fully saturated rings. The molecule has 0 radical (unpaired) electrons. The van der Waals surface area contributed by atoms with Gasteiger partial charge in [0.25, 0.3) is 0 Å². The first-order chi connectivity index (χ1) is 10.9. The van der Waals surface area contributed by atoms with E-state index in [0.29, 0.717) is 5.92 Å². The highest BCUT2D eigenvalue weighted by Crippen LogP contribution is 2.42. The van der Waals surface area contributed by atoms with E-state index in [1.54, 1.807) is 0 Å². The number of hydrogen-bond donors (Lipinski definition) is 0. The van der Waals surface area contributed by atoms with Gasteiger partial charge in [-0.15, -0.1) is 0 Å². The van der Waals surface area contributed by atoms with Gasteiger partial charge >= 0.3 is 6.09 Å². The molecule has 126 valence electrons. The summed E-state index contributed by atoms with van der Waals surface area (Å²) in [7, 11) is 0. The minimum absolute atomic E-state index is 0.0565. The molecule has 2 heterocycles. The van der Waals surface area contributed by atoms with Crippen molar-refractivity contribution in [2.24, 2.45) is 0 Å². The van der Waals surface area contributed by atoms with Crippen LogP contribution in [-0.2, 0) is 9.47 Å². The molecule has 1 aromatic carbocycles. The lowest BCUT2D eigenvalue weighted by molar-refractivity contribution is -0.0485. The second kappa shape index (κ2) is 6.16. The van der Waals surface area contributed by atoms with Crippen LogP contribution in [0.25, 0.3) is 0 Å². The zero-order chi connectivity index (χ0) is 16.5. The molecule has 0 aromatic heterocycles. The fraction of sp³-hybridized carbons (Fsp3) is 0.632. The van der Waals surface area contributed by atoms with E-state index < -0.39 is 5.60 Å². The Bertz CT molecular complexity index is 541. The van der Waals surface area contributed by atoms with Gasteiger partial charge in [-0.25, -0.2) is 4.79 Å². The van der Waals surface area contributed by atoms with Crippen molar-refractivity contribution in [3.63, 3.8) is 0 Å². The standard InChI is InChI=1S/C19H27NO3/c1-18(2,3)23-17(21)20-11-9-19(10-12-20)13-16(14-22-19)15-7-5-4-6-8-15/h4-8,16H,9-14H2,1-3H3/t16-/m1/s1. The van der Waals surface area contributed by atoms with Crippen molar-refractivity contribution in [2.45, 2.75) is 57.2 Å². The van der Waals surface area contributed by atoms with Gasteiger partial charge in [-0.1, -0.05) is 30.3 Å². The Labute approximate surface area is 138 Å². The number of ether oxygens (including phenoxy) is 2. The maximum absolute atomic E-state index is 12.2. The van der Waals surface area contributed by atoms with Gasteiger partial charge in [0, 0.05) is 19.0 Å². The minimum Gasteiger partial charge on any atom is -0.444 e. The third-order valence-electron chi connectivity index (χ3n) is 4.81. The van der Waals surface area contributed by atoms with E-state index in [-0.39, 0.29) is 11.7 Å². The van der Waals surface area contributed by atoms with Crippen LogP contribution in [-0.4, -0.2) is 41.9 Å². The Balaban J connectivity index is 1.56. The SMILES string of the molecule is CC(C)(C)OC(=O)N1CCC2(CC1)C[C@@H](c1ccccc1)CO2. The van der Waals surface area contributed by atoms with E-state index in [4.69, 9.17) is 9.47 Å². The maximum atomic E-state index is 12.2. The largest absolute Gasteiger partial charge is 0.444 e. The molecule has 4 nitrogen and oxygen atoms in total. The van der Waals surface area contributed by atoms with E-state index in [1.807, 2.05) is 31.7 Å². The molecule has 0 N–H and O–H groups in total. The number of rotatable bonds is 1. The zero-order valence-electron chi connectivity index (χ0n) is 14.4. The number of likely N-dealkylation sites (tertiary alicyclic amines) is 1. The minimum atomic E-state index is -0.436. The van der Waals surface area contributed by atoms with Crippen LogP contribution < -0.4 is 0 Å². The molecule has 1 aromatic rings. The second-order valence-electron chi connectivity index (χ2n) is 7.77. The molecule has 1 spiro atoms. The number of hydrogen-bond acceptors (Lipinski definition) is 3. The number of carbonyl (C=O) groups is 1. The second-order valence-corrected chi connectivity index (χ2v) is 7.77. The molecular formula is C19H27NO3. The summed E-state index contributed by atoms with van der Waals surface area (Å²) in [6.07, 6.45) is 2.65. The molecule has 23 heavy (non-hydrogen) atoms. The number of amides is 1. The summed E-state index contributed by atoms with van der Waals surface area (Å²) in [6, 6.07) is 10.6. The van der Waals surface area contributed by atoms with E-state index in [1.165, 1.54) is 5.56 Å². The third-order valence-corrected chi connectivity index (χ3v) is 4.81. The van der Waals surface area contributed by atoms with Crippen LogP contribution in [0.1, 0.15) is 51.5 Å². The maximum Gasteiger partial charge on any atom is 0.410 e. The Kier molecular flexibility index (Phi) is 4.37. The molecule has 2 aliphatic heterocycles. The number of piperidine rings is 1. The van der Waals surface area contributed by atoms with Gasteiger partial charge in [-0.3, -0.25) is 0 Å². The molecule has 3 rings (SSSR count). The van der Waals surface area contributed by atoms with E-state index in [9.17, 15) is 4.79 Å². The Morgan fingerprint density at radius 1 is 1.22 bits per heavy atom. The number of carbonyl (C=O) groups excluding carboxylic acids is 1. The lowest BCUT2D eigenvalue weighted by Gasteiger charge is -2.39. The smallest absolute Gasteiger partial charge is 0.410 e. The van der Waals surface area contributed by atoms with Gasteiger partial charge in [0.1, 0.15) is 5.60 Å².